The second-order valence-electron chi connectivity index (χ2n) is 0.332. The van der Waals surface area contributed by atoms with Crippen LogP contribution in [0.15, 0.2) is 0 Å². The van der Waals surface area contributed by atoms with Crippen molar-refractivity contribution in [2.45, 2.75) is 0 Å². The minimum absolute atomic E-state index is 1.35. The molecule has 0 aromatic rings. The van der Waals surface area contributed by atoms with Crippen LogP contribution in [0.1, 0.15) is 0 Å². The van der Waals surface area contributed by atoms with Crippen LogP contribution >= 0.6 is 0 Å². The zero-order valence-electron chi connectivity index (χ0n) is 2.10. The van der Waals surface area contributed by atoms with Gasteiger partial charge >= 0.3 is 41.8 Å². The topological polar surface area (TPSA) is 46.2 Å². The van der Waals surface area contributed by atoms with Gasteiger partial charge in [-0.05, 0) is 0 Å². The van der Waals surface area contributed by atoms with Gasteiger partial charge in [-0.3, -0.25) is 0 Å². The third kappa shape index (κ3) is 4.56. The molecule has 0 aromatic carbocycles. The van der Waals surface area contributed by atoms with Crippen LogP contribution in [0.4, 0.5) is 0 Å². The van der Waals surface area contributed by atoms with Crippen molar-refractivity contribution in [1.82, 2.24) is 3.39 Å². The molecule has 3 nitrogen and oxygen atoms in total. The summed E-state index contributed by atoms with van der Waals surface area (Å²) in [6, 6.07) is 0. The Morgan fingerprint density at radius 3 is 1.80 bits per heavy atom. The standard InChI is InChI=1S/Ir.H2NO2S/c;1-4(2)3/h;4H,(H-,1,2,3)/q+1;-1. The molecule has 0 bridgehead atoms. The number of thiol groups is 1. The predicted molar refractivity (Wildman–Crippen MR) is 13.5 cm³/mol. The molecule has 0 saturated carbocycles. The van der Waals surface area contributed by atoms with Gasteiger partial charge in [0, 0.05) is 0 Å². The van der Waals surface area contributed by atoms with Crippen LogP contribution in [0.25, 0.3) is 0 Å². The van der Waals surface area contributed by atoms with Gasteiger partial charge in [-0.25, -0.2) is 0 Å². The summed E-state index contributed by atoms with van der Waals surface area (Å²) in [6.45, 7) is 0. The predicted octanol–water partition coefficient (Wildman–Crippen LogP) is -1.44. The van der Waals surface area contributed by atoms with E-state index in [1.807, 2.05) is 3.39 Å². The van der Waals surface area contributed by atoms with E-state index in [-0.39, 0.29) is 0 Å². The normalized spacial score (nSPS) is 9.40. The maximum absolute atomic E-state index is 9.29. The van der Waals surface area contributed by atoms with Crippen LogP contribution in [0.5, 0.6) is 0 Å². The maximum atomic E-state index is 9.29. The Hall–Kier alpha value is 0.559. The van der Waals surface area contributed by atoms with Gasteiger partial charge in [-0.15, -0.1) is 0 Å². The van der Waals surface area contributed by atoms with Crippen molar-refractivity contribution in [2.75, 3.05) is 0 Å². The summed E-state index contributed by atoms with van der Waals surface area (Å²) >= 11 is 1.35. The van der Waals surface area contributed by atoms with Gasteiger partial charge in [0.05, 0.1) is 0 Å². The molecule has 0 unspecified atom stereocenters. The summed E-state index contributed by atoms with van der Waals surface area (Å²) < 4.78 is 20.6. The summed E-state index contributed by atoms with van der Waals surface area (Å²) in [4.78, 5) is 0. The SMILES string of the molecule is O=[SH](=O)[NH][Ir]. The van der Waals surface area contributed by atoms with E-state index in [1.54, 1.807) is 0 Å². The van der Waals surface area contributed by atoms with Crippen molar-refractivity contribution in [1.29, 1.82) is 0 Å². The van der Waals surface area contributed by atoms with E-state index in [4.69, 9.17) is 0 Å². The van der Waals surface area contributed by atoms with E-state index in [0.717, 1.165) is 0 Å². The molecule has 0 radical (unpaired) electrons. The van der Waals surface area contributed by atoms with Gasteiger partial charge < -0.3 is 0 Å². The third-order valence-corrected chi connectivity index (χ3v) is 1.49. The van der Waals surface area contributed by atoms with Crippen LogP contribution in [0.2, 0.25) is 0 Å². The molecule has 0 aliphatic carbocycles. The zero-order chi connectivity index (χ0) is 4.28. The average Bonchev–Trinajstić information content (AvgIpc) is 1.38. The fraction of sp³-hybridized carbons (Fsp3) is 0. The van der Waals surface area contributed by atoms with E-state index < -0.39 is 10.9 Å². The molecule has 0 heterocycles. The first kappa shape index (κ1) is 5.56. The molecule has 0 aliphatic heterocycles. The Bertz CT molecular complexity index is 67.7. The molecule has 0 saturated heterocycles. The first-order chi connectivity index (χ1) is 2.27. The average molecular weight is 272 g/mol. The molecular formula is H2IrNO2S. The summed E-state index contributed by atoms with van der Waals surface area (Å²) in [6.07, 6.45) is 0. The Labute approximate surface area is 42.3 Å². The fourth-order valence-electron chi connectivity index (χ4n) is 0. The summed E-state index contributed by atoms with van der Waals surface area (Å²) in [5, 5.41) is 0. The molecule has 0 aliphatic rings. The van der Waals surface area contributed by atoms with E-state index >= 15 is 0 Å². The van der Waals surface area contributed by atoms with Gasteiger partial charge in [0.1, 0.15) is 0 Å². The van der Waals surface area contributed by atoms with Crippen molar-refractivity contribution in [3.05, 3.63) is 0 Å². The molecule has 0 atom stereocenters. The quantitative estimate of drug-likeness (QED) is 0.575. The van der Waals surface area contributed by atoms with Crippen molar-refractivity contribution < 1.29 is 27.6 Å². The monoisotopic (exact) mass is 273 g/mol. The van der Waals surface area contributed by atoms with Crippen LogP contribution in [0.3, 0.4) is 0 Å². The van der Waals surface area contributed by atoms with Gasteiger partial charge in [0.15, 0.2) is 0 Å². The van der Waals surface area contributed by atoms with Gasteiger partial charge in [-0.2, -0.15) is 0 Å². The van der Waals surface area contributed by atoms with Crippen molar-refractivity contribution in [3.63, 3.8) is 0 Å². The second-order valence-corrected chi connectivity index (χ2v) is 2.60. The van der Waals surface area contributed by atoms with Gasteiger partial charge in [0.25, 0.3) is 0 Å². The fourth-order valence-corrected chi connectivity index (χ4v) is 0. The van der Waals surface area contributed by atoms with Crippen molar-refractivity contribution in [3.8, 4) is 0 Å². The van der Waals surface area contributed by atoms with Crippen molar-refractivity contribution in [2.24, 2.45) is 0 Å². The Morgan fingerprint density at radius 1 is 1.60 bits per heavy atom. The Morgan fingerprint density at radius 2 is 1.80 bits per heavy atom. The van der Waals surface area contributed by atoms with Crippen LogP contribution in [0, 0.1) is 0 Å². The van der Waals surface area contributed by atoms with E-state index in [0.29, 0.717) is 0 Å². The second kappa shape index (κ2) is 2.78. The van der Waals surface area contributed by atoms with E-state index in [2.05, 4.69) is 0 Å². The molecule has 5 heteroatoms. The molecule has 1 N–H and O–H groups in total. The minimum atomic E-state index is -2.35. The molecule has 34 valence electrons. The van der Waals surface area contributed by atoms with Gasteiger partial charge in [0.2, 0.25) is 0 Å². The number of hydrogen-bond donors (Lipinski definition) is 2. The summed E-state index contributed by atoms with van der Waals surface area (Å²) in [5.41, 5.74) is 0. The first-order valence-electron chi connectivity index (χ1n) is 0.755. The summed E-state index contributed by atoms with van der Waals surface area (Å²) in [7, 11) is -2.35. The zero-order valence-corrected chi connectivity index (χ0v) is 5.39. The number of nitrogens with one attached hydrogen (secondary N) is 1. The molecule has 5 heavy (non-hydrogen) atoms. The number of rotatable bonds is 1. The molecule has 0 aromatic heterocycles. The third-order valence-electron chi connectivity index (χ3n) is 0.0609. The molecule has 0 spiro atoms. The van der Waals surface area contributed by atoms with E-state index in [1.165, 1.54) is 19.1 Å². The van der Waals surface area contributed by atoms with Gasteiger partial charge in [-0.1, -0.05) is 0 Å². The van der Waals surface area contributed by atoms with Crippen LogP contribution < -0.4 is 3.39 Å². The molecular weight excluding hydrogens is 270 g/mol. The summed E-state index contributed by atoms with van der Waals surface area (Å²) in [5.74, 6) is 0. The van der Waals surface area contributed by atoms with Crippen molar-refractivity contribution >= 4 is 10.9 Å². The van der Waals surface area contributed by atoms with E-state index in [9.17, 15) is 8.42 Å². The molecule has 0 rings (SSSR count). The van der Waals surface area contributed by atoms with Crippen LogP contribution in [-0.2, 0) is 30.0 Å². The molecule has 0 fully saturated rings. The first-order valence-corrected chi connectivity index (χ1v) is 3.13. The Kier molecular flexibility index (Phi) is 3.09. The number of hydrogen-bond acceptors (Lipinski definition) is 2. The molecule has 0 amide bonds. The Balaban J connectivity index is 3.23. The van der Waals surface area contributed by atoms with Crippen LogP contribution in [-0.4, -0.2) is 8.42 Å².